The average Bonchev–Trinajstić information content (AvgIpc) is 3.47. The summed E-state index contributed by atoms with van der Waals surface area (Å²) in [4.78, 5) is 59.3. The predicted octanol–water partition coefficient (Wildman–Crippen LogP) is 16.0. The molecule has 0 aliphatic carbocycles. The Labute approximate surface area is 510 Å². The Morgan fingerprint density at radius 1 is 0.207 bits per heavy atom. The Hall–Kier alpha value is -2.28. The summed E-state index contributed by atoms with van der Waals surface area (Å²) in [6, 6.07) is 0. The van der Waals surface area contributed by atoms with Gasteiger partial charge in [-0.2, -0.15) is 0 Å². The first-order valence-corrected chi connectivity index (χ1v) is 36.2. The lowest BCUT2D eigenvalue weighted by molar-refractivity contribution is -0.123. The summed E-state index contributed by atoms with van der Waals surface area (Å²) in [6.07, 6.45) is 55.6. The summed E-state index contributed by atoms with van der Waals surface area (Å²) in [5.41, 5.74) is 0. The largest absolute Gasteiger partial charge is 0.356 e. The van der Waals surface area contributed by atoms with E-state index in [0.717, 1.165) is 104 Å². The van der Waals surface area contributed by atoms with Gasteiger partial charge in [0, 0.05) is 117 Å². The maximum absolute atomic E-state index is 13.1. The fraction of sp³-hybridized carbons (Fsp3) is 0.943. The number of unbranched alkanes of at least 4 members (excludes halogenated alkanes) is 37. The SMILES string of the molecule is CCCCCCCCCCCCCNC(=O)CCN(CCNCCN(CCC)CCN(CCC(=O)NCCCCCCCCCCCC)CCC(=O)NCCCCCCCCCCCC)CCC(=O)NCCCCCCCCCCCC. The molecule has 5 N–H and O–H groups in total. The van der Waals surface area contributed by atoms with E-state index in [9.17, 15) is 19.2 Å². The molecule has 4 amide bonds. The van der Waals surface area contributed by atoms with Gasteiger partial charge in [-0.3, -0.25) is 19.2 Å². The first-order valence-electron chi connectivity index (χ1n) is 36.2. The standard InChI is InChI=1S/C70H142N8O4/c1-6-11-15-19-23-27-31-35-39-43-45-53-73-68(80)49-60-77(59-48-67(79)72-52-44-40-36-32-28-24-20-16-12-7-2)64-57-71-56-63-76(58-10-5)65-66-78(61-50-69(81)74-54-46-41-37-33-29-25-21-17-13-8-3)62-51-70(82)75-55-47-42-38-34-30-26-22-18-14-9-4/h71H,6-66H2,1-5H3,(H,72,79)(H,73,80)(H,74,81)(H,75,82). The van der Waals surface area contributed by atoms with Crippen molar-refractivity contribution in [3.8, 4) is 0 Å². The zero-order valence-corrected chi connectivity index (χ0v) is 55.6. The van der Waals surface area contributed by atoms with Crippen LogP contribution in [0.25, 0.3) is 0 Å². The van der Waals surface area contributed by atoms with Gasteiger partial charge in [-0.1, -0.05) is 272 Å². The van der Waals surface area contributed by atoms with Crippen LogP contribution in [0.4, 0.5) is 0 Å². The van der Waals surface area contributed by atoms with Crippen molar-refractivity contribution in [1.82, 2.24) is 41.3 Å². The van der Waals surface area contributed by atoms with Crippen LogP contribution in [0.5, 0.6) is 0 Å². The van der Waals surface area contributed by atoms with E-state index in [2.05, 4.69) is 75.9 Å². The normalized spacial score (nSPS) is 11.6. The Morgan fingerprint density at radius 3 is 0.622 bits per heavy atom. The molecule has 0 saturated carbocycles. The number of nitrogens with zero attached hydrogens (tertiary/aromatic N) is 3. The van der Waals surface area contributed by atoms with E-state index in [4.69, 9.17) is 0 Å². The van der Waals surface area contributed by atoms with E-state index in [-0.39, 0.29) is 23.6 Å². The van der Waals surface area contributed by atoms with Crippen molar-refractivity contribution in [2.45, 2.75) is 330 Å². The van der Waals surface area contributed by atoms with Crippen LogP contribution in [0.1, 0.15) is 330 Å². The van der Waals surface area contributed by atoms with E-state index in [1.165, 1.54) is 238 Å². The van der Waals surface area contributed by atoms with Crippen molar-refractivity contribution >= 4 is 23.6 Å². The lowest BCUT2D eigenvalue weighted by atomic mass is 10.1. The van der Waals surface area contributed by atoms with Crippen LogP contribution in [-0.4, -0.2) is 136 Å². The van der Waals surface area contributed by atoms with Gasteiger partial charge in [0.25, 0.3) is 0 Å². The molecule has 486 valence electrons. The first-order chi connectivity index (χ1) is 40.3. The number of carbonyl (C=O) groups is 4. The number of hydrogen-bond donors (Lipinski definition) is 5. The molecule has 0 aliphatic rings. The highest BCUT2D eigenvalue weighted by molar-refractivity contribution is 5.77. The Morgan fingerprint density at radius 2 is 0.402 bits per heavy atom. The van der Waals surface area contributed by atoms with Gasteiger partial charge in [0.05, 0.1) is 0 Å². The quantitative estimate of drug-likeness (QED) is 0.0380. The molecule has 12 heteroatoms. The van der Waals surface area contributed by atoms with Crippen molar-refractivity contribution in [2.75, 3.05) is 98.2 Å². The molecular weight excluding hydrogens is 1020 g/mol. The Bertz CT molecular complexity index is 1310. The molecule has 0 radical (unpaired) electrons. The topological polar surface area (TPSA) is 138 Å². The molecular formula is C70H142N8O4. The van der Waals surface area contributed by atoms with Crippen LogP contribution in [0.3, 0.4) is 0 Å². The van der Waals surface area contributed by atoms with Crippen molar-refractivity contribution in [1.29, 1.82) is 0 Å². The molecule has 0 unspecified atom stereocenters. The van der Waals surface area contributed by atoms with Gasteiger partial charge in [0.1, 0.15) is 0 Å². The third kappa shape index (κ3) is 60.8. The minimum atomic E-state index is 0.106. The molecule has 0 fully saturated rings. The molecule has 82 heavy (non-hydrogen) atoms. The zero-order chi connectivity index (χ0) is 59.7. The number of nitrogens with one attached hydrogen (secondary N) is 5. The molecule has 0 atom stereocenters. The van der Waals surface area contributed by atoms with Gasteiger partial charge in [-0.05, 0) is 38.6 Å². The molecule has 0 saturated heterocycles. The van der Waals surface area contributed by atoms with Crippen molar-refractivity contribution in [2.24, 2.45) is 0 Å². The highest BCUT2D eigenvalue weighted by atomic mass is 16.2. The number of hydrogen-bond acceptors (Lipinski definition) is 8. The second-order valence-electron chi connectivity index (χ2n) is 24.8. The van der Waals surface area contributed by atoms with Gasteiger partial charge in [-0.15, -0.1) is 0 Å². The van der Waals surface area contributed by atoms with Gasteiger partial charge in [-0.25, -0.2) is 0 Å². The predicted molar refractivity (Wildman–Crippen MR) is 355 cm³/mol. The van der Waals surface area contributed by atoms with Gasteiger partial charge >= 0.3 is 0 Å². The zero-order valence-electron chi connectivity index (χ0n) is 55.6. The van der Waals surface area contributed by atoms with Crippen molar-refractivity contribution in [3.05, 3.63) is 0 Å². The van der Waals surface area contributed by atoms with Crippen LogP contribution < -0.4 is 26.6 Å². The fourth-order valence-corrected chi connectivity index (χ4v) is 11.1. The molecule has 12 nitrogen and oxygen atoms in total. The van der Waals surface area contributed by atoms with Gasteiger partial charge in [0.15, 0.2) is 0 Å². The summed E-state index contributed by atoms with van der Waals surface area (Å²) in [7, 11) is 0. The highest BCUT2D eigenvalue weighted by Crippen LogP contribution is 2.14. The van der Waals surface area contributed by atoms with E-state index in [1.807, 2.05) is 0 Å². The van der Waals surface area contributed by atoms with Crippen LogP contribution in [0.2, 0.25) is 0 Å². The molecule has 0 bridgehead atoms. The van der Waals surface area contributed by atoms with Crippen LogP contribution >= 0.6 is 0 Å². The van der Waals surface area contributed by atoms with E-state index < -0.39 is 0 Å². The molecule has 0 aliphatic heterocycles. The second-order valence-corrected chi connectivity index (χ2v) is 24.8. The van der Waals surface area contributed by atoms with Crippen LogP contribution in [0, 0.1) is 0 Å². The minimum Gasteiger partial charge on any atom is -0.356 e. The van der Waals surface area contributed by atoms with E-state index >= 15 is 0 Å². The van der Waals surface area contributed by atoms with Crippen molar-refractivity contribution in [3.63, 3.8) is 0 Å². The molecule has 0 aromatic heterocycles. The fourth-order valence-electron chi connectivity index (χ4n) is 11.1. The van der Waals surface area contributed by atoms with Crippen LogP contribution in [0.15, 0.2) is 0 Å². The van der Waals surface area contributed by atoms with E-state index in [1.54, 1.807) is 0 Å². The summed E-state index contributed by atoms with van der Waals surface area (Å²) in [5.74, 6) is 0.434. The summed E-state index contributed by atoms with van der Waals surface area (Å²) in [6.45, 7) is 22.9. The molecule has 0 aromatic carbocycles. The number of carbonyl (C=O) groups excluding carboxylic acids is 4. The Kier molecular flexibility index (Phi) is 64.4. The second kappa shape index (κ2) is 66.2. The lowest BCUT2D eigenvalue weighted by Crippen LogP contribution is -2.42. The minimum absolute atomic E-state index is 0.106. The maximum Gasteiger partial charge on any atom is 0.221 e. The number of amides is 4. The maximum atomic E-state index is 13.1. The monoisotopic (exact) mass is 1160 g/mol. The third-order valence-corrected chi connectivity index (χ3v) is 16.8. The third-order valence-electron chi connectivity index (χ3n) is 16.8. The smallest absolute Gasteiger partial charge is 0.221 e. The summed E-state index contributed by atoms with van der Waals surface area (Å²) < 4.78 is 0. The lowest BCUT2D eigenvalue weighted by Gasteiger charge is -2.28. The first kappa shape index (κ1) is 79.7. The van der Waals surface area contributed by atoms with Crippen molar-refractivity contribution < 1.29 is 19.2 Å². The molecule has 0 spiro atoms. The molecule has 0 aromatic rings. The van der Waals surface area contributed by atoms with E-state index in [0.29, 0.717) is 51.9 Å². The molecule has 0 rings (SSSR count). The Balaban J connectivity index is 5.17. The summed E-state index contributed by atoms with van der Waals surface area (Å²) >= 11 is 0. The summed E-state index contributed by atoms with van der Waals surface area (Å²) in [5, 5.41) is 16.4. The van der Waals surface area contributed by atoms with Gasteiger partial charge in [0.2, 0.25) is 23.6 Å². The van der Waals surface area contributed by atoms with Gasteiger partial charge < -0.3 is 41.3 Å². The highest BCUT2D eigenvalue weighted by Gasteiger charge is 2.15. The van der Waals surface area contributed by atoms with Crippen LogP contribution in [-0.2, 0) is 19.2 Å². The number of rotatable bonds is 68. The molecule has 0 heterocycles. The average molecular weight is 1160 g/mol.